The number of nitrogens with one attached hydrogen (secondary N) is 1. The maximum absolute atomic E-state index is 13.1. The molecule has 0 aliphatic heterocycles. The number of rotatable bonds is 6. The highest BCUT2D eigenvalue weighted by Crippen LogP contribution is 2.18. The molecule has 1 N–H and O–H groups in total. The molecule has 0 saturated carbocycles. The van der Waals surface area contributed by atoms with Crippen molar-refractivity contribution in [1.82, 2.24) is 19.7 Å². The van der Waals surface area contributed by atoms with Gasteiger partial charge in [0.15, 0.2) is 11.6 Å². The number of sulfonamides is 1. The Balaban J connectivity index is 2.06. The first-order valence-electron chi connectivity index (χ1n) is 6.90. The van der Waals surface area contributed by atoms with Gasteiger partial charge < -0.3 is 0 Å². The van der Waals surface area contributed by atoms with Crippen molar-refractivity contribution in [3.63, 3.8) is 0 Å². The van der Waals surface area contributed by atoms with Crippen molar-refractivity contribution >= 4 is 10.0 Å². The molecule has 1 aromatic heterocycles. The standard InChI is InChI=1S/C14H18F2N4O2S/c1-14(2,18-23(3,21)22)13-9-20(19-17-13)7-6-10-4-5-11(15)12(16)8-10/h4-5,8-9,18H,6-7H2,1-3H3. The zero-order chi connectivity index (χ0) is 17.3. The lowest BCUT2D eigenvalue weighted by Gasteiger charge is -2.21. The van der Waals surface area contributed by atoms with E-state index >= 15 is 0 Å². The van der Waals surface area contributed by atoms with E-state index in [0.717, 1.165) is 18.4 Å². The number of hydrogen-bond acceptors (Lipinski definition) is 4. The monoisotopic (exact) mass is 344 g/mol. The maximum atomic E-state index is 13.1. The van der Waals surface area contributed by atoms with Crippen molar-refractivity contribution < 1.29 is 17.2 Å². The Bertz CT molecular complexity index is 803. The molecule has 6 nitrogen and oxygen atoms in total. The quantitative estimate of drug-likeness (QED) is 0.863. The lowest BCUT2D eigenvalue weighted by molar-refractivity contribution is 0.462. The molecule has 0 bridgehead atoms. The van der Waals surface area contributed by atoms with E-state index in [1.165, 1.54) is 10.7 Å². The van der Waals surface area contributed by atoms with Crippen molar-refractivity contribution in [1.29, 1.82) is 0 Å². The van der Waals surface area contributed by atoms with Crippen molar-refractivity contribution in [3.05, 3.63) is 47.3 Å². The average molecular weight is 344 g/mol. The largest absolute Gasteiger partial charge is 0.252 e. The summed E-state index contributed by atoms with van der Waals surface area (Å²) in [7, 11) is -3.39. The van der Waals surface area contributed by atoms with Crippen LogP contribution in [0.1, 0.15) is 25.1 Å². The smallest absolute Gasteiger partial charge is 0.209 e. The number of hydrogen-bond donors (Lipinski definition) is 1. The van der Waals surface area contributed by atoms with Gasteiger partial charge in [-0.15, -0.1) is 5.10 Å². The van der Waals surface area contributed by atoms with Gasteiger partial charge in [0.25, 0.3) is 0 Å². The maximum Gasteiger partial charge on any atom is 0.209 e. The molecule has 0 aliphatic carbocycles. The molecular formula is C14H18F2N4O2S. The number of halogens is 2. The third-order valence-electron chi connectivity index (χ3n) is 3.23. The number of aromatic nitrogens is 3. The summed E-state index contributed by atoms with van der Waals surface area (Å²) in [5, 5.41) is 7.90. The first kappa shape index (κ1) is 17.5. The van der Waals surface area contributed by atoms with Crippen LogP contribution in [0, 0.1) is 11.6 Å². The molecule has 0 atom stereocenters. The summed E-state index contributed by atoms with van der Waals surface area (Å²) in [6.07, 6.45) is 3.14. The number of aryl methyl sites for hydroxylation is 2. The Labute approximate surface area is 133 Å². The lowest BCUT2D eigenvalue weighted by atomic mass is 10.0. The summed E-state index contributed by atoms with van der Waals surface area (Å²) in [6.45, 7) is 3.77. The van der Waals surface area contributed by atoms with E-state index in [2.05, 4.69) is 15.0 Å². The van der Waals surface area contributed by atoms with Crippen LogP contribution >= 0.6 is 0 Å². The van der Waals surface area contributed by atoms with Gasteiger partial charge in [-0.05, 0) is 38.0 Å². The van der Waals surface area contributed by atoms with Crippen LogP contribution in [-0.2, 0) is 28.5 Å². The highest BCUT2D eigenvalue weighted by Gasteiger charge is 2.27. The van der Waals surface area contributed by atoms with Gasteiger partial charge in [-0.1, -0.05) is 11.3 Å². The molecule has 1 aromatic carbocycles. The number of nitrogens with zero attached hydrogens (tertiary/aromatic N) is 3. The van der Waals surface area contributed by atoms with Crippen LogP contribution in [0.5, 0.6) is 0 Å². The fraction of sp³-hybridized carbons (Fsp3) is 0.429. The third-order valence-corrected chi connectivity index (χ3v) is 4.11. The zero-order valence-electron chi connectivity index (χ0n) is 13.0. The van der Waals surface area contributed by atoms with Gasteiger partial charge in [0.2, 0.25) is 10.0 Å². The van der Waals surface area contributed by atoms with E-state index in [4.69, 9.17) is 0 Å². The number of benzene rings is 1. The minimum absolute atomic E-state index is 0.410. The van der Waals surface area contributed by atoms with Crippen LogP contribution in [0.15, 0.2) is 24.4 Å². The van der Waals surface area contributed by atoms with Gasteiger partial charge >= 0.3 is 0 Å². The first-order chi connectivity index (χ1) is 10.6. The normalized spacial score (nSPS) is 12.6. The van der Waals surface area contributed by atoms with Crippen LogP contribution in [-0.4, -0.2) is 29.7 Å². The molecule has 2 aromatic rings. The van der Waals surface area contributed by atoms with Gasteiger partial charge in [0.05, 0.1) is 18.0 Å². The van der Waals surface area contributed by atoms with Crippen molar-refractivity contribution in [3.8, 4) is 0 Å². The van der Waals surface area contributed by atoms with Gasteiger partial charge in [0.1, 0.15) is 5.69 Å². The molecule has 126 valence electrons. The molecule has 0 saturated heterocycles. The predicted molar refractivity (Wildman–Crippen MR) is 81.1 cm³/mol. The van der Waals surface area contributed by atoms with E-state index in [-0.39, 0.29) is 0 Å². The minimum Gasteiger partial charge on any atom is -0.252 e. The molecule has 0 unspecified atom stereocenters. The van der Waals surface area contributed by atoms with Crippen molar-refractivity contribution in [2.24, 2.45) is 0 Å². The van der Waals surface area contributed by atoms with E-state index in [1.807, 2.05) is 0 Å². The van der Waals surface area contributed by atoms with Crippen LogP contribution in [0.2, 0.25) is 0 Å². The van der Waals surface area contributed by atoms with Gasteiger partial charge in [0, 0.05) is 6.54 Å². The predicted octanol–water partition coefficient (Wildman–Crippen LogP) is 1.58. The zero-order valence-corrected chi connectivity index (χ0v) is 13.9. The Hall–Kier alpha value is -1.87. The van der Waals surface area contributed by atoms with Crippen LogP contribution < -0.4 is 4.72 Å². The fourth-order valence-electron chi connectivity index (χ4n) is 2.15. The molecule has 0 radical (unpaired) electrons. The SMILES string of the molecule is CC(C)(NS(C)(=O)=O)c1cn(CCc2ccc(F)c(F)c2)nn1. The summed E-state index contributed by atoms with van der Waals surface area (Å²) in [5.74, 6) is -1.77. The molecular weight excluding hydrogens is 326 g/mol. The van der Waals surface area contributed by atoms with Gasteiger partial charge in [-0.2, -0.15) is 0 Å². The summed E-state index contributed by atoms with van der Waals surface area (Å²) in [6, 6.07) is 3.73. The third kappa shape index (κ3) is 4.80. The fourth-order valence-corrected chi connectivity index (χ4v) is 3.18. The van der Waals surface area contributed by atoms with Crippen LogP contribution in [0.3, 0.4) is 0 Å². The summed E-state index contributed by atoms with van der Waals surface area (Å²) >= 11 is 0. The van der Waals surface area contributed by atoms with Crippen LogP contribution in [0.25, 0.3) is 0 Å². The highest BCUT2D eigenvalue weighted by molar-refractivity contribution is 7.88. The van der Waals surface area contributed by atoms with E-state index < -0.39 is 27.2 Å². The molecule has 23 heavy (non-hydrogen) atoms. The highest BCUT2D eigenvalue weighted by atomic mass is 32.2. The molecule has 1 heterocycles. The molecule has 0 amide bonds. The Morgan fingerprint density at radius 2 is 1.96 bits per heavy atom. The van der Waals surface area contributed by atoms with E-state index in [0.29, 0.717) is 24.2 Å². The molecule has 0 aliphatic rings. The minimum atomic E-state index is -3.39. The van der Waals surface area contributed by atoms with Crippen LogP contribution in [0.4, 0.5) is 8.78 Å². The van der Waals surface area contributed by atoms with Crippen molar-refractivity contribution in [2.45, 2.75) is 32.4 Å². The molecule has 9 heteroatoms. The second-order valence-electron chi connectivity index (χ2n) is 5.86. The first-order valence-corrected chi connectivity index (χ1v) is 8.79. The summed E-state index contributed by atoms with van der Waals surface area (Å²) in [5.41, 5.74) is 0.205. The van der Waals surface area contributed by atoms with Crippen molar-refractivity contribution in [2.75, 3.05) is 6.26 Å². The molecule has 0 fully saturated rings. The Morgan fingerprint density at radius 3 is 2.57 bits per heavy atom. The summed E-state index contributed by atoms with van der Waals surface area (Å²) in [4.78, 5) is 0. The lowest BCUT2D eigenvalue weighted by Crippen LogP contribution is -2.40. The van der Waals surface area contributed by atoms with E-state index in [9.17, 15) is 17.2 Å². The Morgan fingerprint density at radius 1 is 1.26 bits per heavy atom. The van der Waals surface area contributed by atoms with E-state index in [1.54, 1.807) is 20.0 Å². The Kier molecular flexibility index (Phi) is 4.81. The summed E-state index contributed by atoms with van der Waals surface area (Å²) < 4.78 is 52.8. The second-order valence-corrected chi connectivity index (χ2v) is 7.61. The van der Waals surface area contributed by atoms with Gasteiger partial charge in [-0.3, -0.25) is 4.68 Å². The molecule has 0 spiro atoms. The average Bonchev–Trinajstić information content (AvgIpc) is 2.87. The topological polar surface area (TPSA) is 76.9 Å². The molecule has 2 rings (SSSR count). The second kappa shape index (κ2) is 6.32. The van der Waals surface area contributed by atoms with Gasteiger partial charge in [-0.25, -0.2) is 21.9 Å².